The molecule has 1 aromatic heterocycles. The minimum absolute atomic E-state index is 0.133. The molecule has 9 nitrogen and oxygen atoms in total. The van der Waals surface area contributed by atoms with Gasteiger partial charge in [0, 0.05) is 28.8 Å². The van der Waals surface area contributed by atoms with Crippen LogP contribution in [0.15, 0.2) is 47.8 Å². The standard InChI is InChI=1S/C22H20N4O5S/c1-2-4-21-24-17(13-32-21)14-7-8-19-18(9-14)25(22(28)12-31-19)11-20(27)23-15-5-3-6-16(10-15)26(29)30/h3,5-10,13H,2,4,11-12H2,1H3,(H,23,27). The molecular weight excluding hydrogens is 432 g/mol. The molecule has 0 spiro atoms. The van der Waals surface area contributed by atoms with Gasteiger partial charge in [-0.05, 0) is 37.1 Å². The van der Waals surface area contributed by atoms with E-state index >= 15 is 0 Å². The first kappa shape index (κ1) is 21.4. The van der Waals surface area contributed by atoms with E-state index in [2.05, 4.69) is 17.2 Å². The Balaban J connectivity index is 1.56. The van der Waals surface area contributed by atoms with E-state index in [0.717, 1.165) is 29.1 Å². The number of amides is 2. The third-order valence-corrected chi connectivity index (χ3v) is 5.76. The summed E-state index contributed by atoms with van der Waals surface area (Å²) in [5, 5.41) is 16.6. The molecular formula is C22H20N4O5S. The molecule has 0 radical (unpaired) electrons. The fourth-order valence-corrected chi connectivity index (χ4v) is 4.26. The monoisotopic (exact) mass is 452 g/mol. The second kappa shape index (κ2) is 9.15. The van der Waals surface area contributed by atoms with Gasteiger partial charge in [-0.25, -0.2) is 4.98 Å². The van der Waals surface area contributed by atoms with Crippen LogP contribution in [-0.2, 0) is 16.0 Å². The average Bonchev–Trinajstić information content (AvgIpc) is 3.24. The number of nitro benzene ring substituents is 1. The molecule has 0 saturated carbocycles. The van der Waals surface area contributed by atoms with Crippen LogP contribution in [0.3, 0.4) is 0 Å². The van der Waals surface area contributed by atoms with Crippen LogP contribution in [0.25, 0.3) is 11.3 Å². The van der Waals surface area contributed by atoms with Gasteiger partial charge >= 0.3 is 0 Å². The van der Waals surface area contributed by atoms with Crippen LogP contribution < -0.4 is 15.0 Å². The van der Waals surface area contributed by atoms with Crippen LogP contribution >= 0.6 is 11.3 Å². The number of fused-ring (bicyclic) bond motifs is 1. The SMILES string of the molecule is CCCc1nc(-c2ccc3c(c2)N(CC(=O)Nc2cccc([N+](=O)[O-])c2)C(=O)CO3)cs1. The number of ether oxygens (including phenoxy) is 1. The lowest BCUT2D eigenvalue weighted by Crippen LogP contribution is -2.43. The molecule has 2 aromatic carbocycles. The van der Waals surface area contributed by atoms with Crippen molar-refractivity contribution in [2.45, 2.75) is 19.8 Å². The van der Waals surface area contributed by atoms with Crippen LogP contribution in [0.5, 0.6) is 5.75 Å². The Hall–Kier alpha value is -3.79. The second-order valence-corrected chi connectivity index (χ2v) is 8.13. The molecule has 1 N–H and O–H groups in total. The lowest BCUT2D eigenvalue weighted by atomic mass is 10.1. The fourth-order valence-electron chi connectivity index (χ4n) is 3.35. The number of carbonyl (C=O) groups excluding carboxylic acids is 2. The molecule has 3 aromatic rings. The number of nitrogens with one attached hydrogen (secondary N) is 1. The van der Waals surface area contributed by atoms with E-state index in [1.165, 1.54) is 23.1 Å². The van der Waals surface area contributed by atoms with Crippen LogP contribution in [0.1, 0.15) is 18.4 Å². The first-order valence-electron chi connectivity index (χ1n) is 10.0. The highest BCUT2D eigenvalue weighted by Crippen LogP contribution is 2.36. The highest BCUT2D eigenvalue weighted by Gasteiger charge is 2.28. The number of anilines is 2. The number of nitro groups is 1. The maximum absolute atomic E-state index is 12.6. The van der Waals surface area contributed by atoms with Crippen molar-refractivity contribution >= 4 is 40.2 Å². The second-order valence-electron chi connectivity index (χ2n) is 7.18. The van der Waals surface area contributed by atoms with Gasteiger partial charge in [0.1, 0.15) is 12.3 Å². The Labute approximate surface area is 187 Å². The largest absolute Gasteiger partial charge is 0.482 e. The van der Waals surface area contributed by atoms with E-state index in [-0.39, 0.29) is 30.4 Å². The van der Waals surface area contributed by atoms with Crippen molar-refractivity contribution in [3.8, 4) is 17.0 Å². The zero-order chi connectivity index (χ0) is 22.7. The third kappa shape index (κ3) is 4.59. The Morgan fingerprint density at radius 1 is 1.31 bits per heavy atom. The van der Waals surface area contributed by atoms with Crippen LogP contribution in [0.2, 0.25) is 0 Å². The molecule has 1 aliphatic heterocycles. The topological polar surface area (TPSA) is 115 Å². The van der Waals surface area contributed by atoms with E-state index < -0.39 is 10.8 Å². The lowest BCUT2D eigenvalue weighted by molar-refractivity contribution is -0.384. The van der Waals surface area contributed by atoms with Gasteiger partial charge in [0.05, 0.1) is 21.3 Å². The van der Waals surface area contributed by atoms with Crippen LogP contribution in [0, 0.1) is 10.1 Å². The fraction of sp³-hybridized carbons (Fsp3) is 0.227. The molecule has 0 aliphatic carbocycles. The maximum atomic E-state index is 12.6. The Bertz CT molecular complexity index is 1190. The number of non-ortho nitro benzene ring substituents is 1. The number of rotatable bonds is 7. The summed E-state index contributed by atoms with van der Waals surface area (Å²) in [6, 6.07) is 11.1. The summed E-state index contributed by atoms with van der Waals surface area (Å²) < 4.78 is 5.53. The van der Waals surface area contributed by atoms with E-state index in [9.17, 15) is 19.7 Å². The predicted octanol–water partition coefficient (Wildman–Crippen LogP) is 4.03. The number of carbonyl (C=O) groups is 2. The zero-order valence-corrected chi connectivity index (χ0v) is 18.1. The van der Waals surface area contributed by atoms with Gasteiger partial charge in [-0.15, -0.1) is 11.3 Å². The lowest BCUT2D eigenvalue weighted by Gasteiger charge is -2.29. The molecule has 10 heteroatoms. The summed E-state index contributed by atoms with van der Waals surface area (Å²) in [5.41, 5.74) is 2.26. The average molecular weight is 452 g/mol. The molecule has 0 atom stereocenters. The van der Waals surface area contributed by atoms with Crippen molar-refractivity contribution < 1.29 is 19.2 Å². The van der Waals surface area contributed by atoms with E-state index in [1.54, 1.807) is 29.5 Å². The van der Waals surface area contributed by atoms with Crippen molar-refractivity contribution in [3.63, 3.8) is 0 Å². The van der Waals surface area contributed by atoms with Crippen molar-refractivity contribution in [2.24, 2.45) is 0 Å². The number of aryl methyl sites for hydroxylation is 1. The third-order valence-electron chi connectivity index (χ3n) is 4.86. The quantitative estimate of drug-likeness (QED) is 0.427. The number of hydrogen-bond acceptors (Lipinski definition) is 7. The minimum Gasteiger partial charge on any atom is -0.482 e. The van der Waals surface area contributed by atoms with Gasteiger partial charge in [0.2, 0.25) is 5.91 Å². The zero-order valence-electron chi connectivity index (χ0n) is 17.2. The maximum Gasteiger partial charge on any atom is 0.271 e. The van der Waals surface area contributed by atoms with Crippen molar-refractivity contribution in [1.29, 1.82) is 0 Å². The molecule has 0 bridgehead atoms. The molecule has 32 heavy (non-hydrogen) atoms. The summed E-state index contributed by atoms with van der Waals surface area (Å²) >= 11 is 1.59. The van der Waals surface area contributed by atoms with Crippen molar-refractivity contribution in [2.75, 3.05) is 23.4 Å². The van der Waals surface area contributed by atoms with E-state index in [0.29, 0.717) is 11.4 Å². The Morgan fingerprint density at radius 2 is 2.16 bits per heavy atom. The Kier molecular flexibility index (Phi) is 6.13. The summed E-state index contributed by atoms with van der Waals surface area (Å²) in [4.78, 5) is 41.6. The van der Waals surface area contributed by atoms with Gasteiger partial charge < -0.3 is 10.1 Å². The summed E-state index contributed by atoms with van der Waals surface area (Å²) in [5.74, 6) is -0.328. The predicted molar refractivity (Wildman–Crippen MR) is 121 cm³/mol. The number of aromatic nitrogens is 1. The highest BCUT2D eigenvalue weighted by molar-refractivity contribution is 7.09. The van der Waals surface area contributed by atoms with Gasteiger partial charge in [0.25, 0.3) is 11.6 Å². The van der Waals surface area contributed by atoms with E-state index in [1.807, 2.05) is 11.4 Å². The molecule has 164 valence electrons. The molecule has 0 unspecified atom stereocenters. The summed E-state index contributed by atoms with van der Waals surface area (Å²) in [7, 11) is 0. The van der Waals surface area contributed by atoms with Gasteiger partial charge in [-0.1, -0.05) is 13.0 Å². The molecule has 0 fully saturated rings. The number of nitrogens with zero attached hydrogens (tertiary/aromatic N) is 3. The number of hydrogen-bond donors (Lipinski definition) is 1. The van der Waals surface area contributed by atoms with Crippen molar-refractivity contribution in [1.82, 2.24) is 4.98 Å². The van der Waals surface area contributed by atoms with Gasteiger partial charge in [0.15, 0.2) is 6.61 Å². The molecule has 4 rings (SSSR count). The summed E-state index contributed by atoms with van der Waals surface area (Å²) in [6.07, 6.45) is 1.91. The van der Waals surface area contributed by atoms with Gasteiger partial charge in [-0.2, -0.15) is 0 Å². The van der Waals surface area contributed by atoms with Crippen LogP contribution in [0.4, 0.5) is 17.1 Å². The molecule has 2 amide bonds. The first-order chi connectivity index (χ1) is 15.4. The summed E-state index contributed by atoms with van der Waals surface area (Å²) in [6.45, 7) is 1.67. The number of benzene rings is 2. The normalized spacial score (nSPS) is 12.8. The molecule has 0 saturated heterocycles. The highest BCUT2D eigenvalue weighted by atomic mass is 32.1. The smallest absolute Gasteiger partial charge is 0.271 e. The minimum atomic E-state index is -0.538. The van der Waals surface area contributed by atoms with Gasteiger partial charge in [-0.3, -0.25) is 24.6 Å². The molecule has 2 heterocycles. The van der Waals surface area contributed by atoms with Crippen molar-refractivity contribution in [3.05, 3.63) is 63.0 Å². The molecule has 1 aliphatic rings. The number of thiazole rings is 1. The van der Waals surface area contributed by atoms with E-state index in [4.69, 9.17) is 4.74 Å². The Morgan fingerprint density at radius 3 is 2.94 bits per heavy atom. The van der Waals surface area contributed by atoms with Crippen LogP contribution in [-0.4, -0.2) is 34.9 Å². The first-order valence-corrected chi connectivity index (χ1v) is 10.9.